The van der Waals surface area contributed by atoms with Gasteiger partial charge in [0, 0.05) is 18.1 Å². The third kappa shape index (κ3) is 2.95. The number of rotatable bonds is 5. The summed E-state index contributed by atoms with van der Waals surface area (Å²) in [4.78, 5) is 6.60. The molecule has 0 aliphatic carbocycles. The largest absolute Gasteiger partial charge is 0.329 e. The Bertz CT molecular complexity index is 1220. The van der Waals surface area contributed by atoms with Gasteiger partial charge in [0.05, 0.1) is 5.52 Å². The maximum Gasteiger partial charge on any atom is 0.257 e. The highest BCUT2D eigenvalue weighted by Crippen LogP contribution is 2.31. The van der Waals surface area contributed by atoms with Crippen LogP contribution in [0, 0.1) is 5.82 Å². The lowest BCUT2D eigenvalue weighted by atomic mass is 10.0. The normalized spacial score (nSPS) is 11.7. The molecule has 0 aliphatic rings. The molecule has 0 saturated heterocycles. The standard InChI is InChI=1S/C22H18FN5/c1-4-6-18(5-2)27(3)21-19-12-9-16(15-7-10-17(23)11-8-15)13-20(19)28-14-24-26-22(28)25-21/h4-14H,1-2H2,3H3/b18-6+. The minimum absolute atomic E-state index is 0.259. The van der Waals surface area contributed by atoms with Gasteiger partial charge in [0.1, 0.15) is 18.0 Å². The van der Waals surface area contributed by atoms with Crippen LogP contribution in [0.4, 0.5) is 10.2 Å². The number of fused-ring (bicyclic) bond motifs is 3. The molecule has 4 aromatic rings. The predicted octanol–water partition coefficient (Wildman–Crippen LogP) is 4.78. The van der Waals surface area contributed by atoms with E-state index in [2.05, 4.69) is 28.3 Å². The first kappa shape index (κ1) is 17.6. The molecular weight excluding hydrogens is 353 g/mol. The van der Waals surface area contributed by atoms with E-state index in [0.717, 1.165) is 33.5 Å². The van der Waals surface area contributed by atoms with E-state index in [-0.39, 0.29) is 5.82 Å². The van der Waals surface area contributed by atoms with Crippen LogP contribution in [0.15, 0.2) is 85.9 Å². The molecule has 0 fully saturated rings. The van der Waals surface area contributed by atoms with E-state index < -0.39 is 0 Å². The van der Waals surface area contributed by atoms with Crippen LogP contribution >= 0.6 is 0 Å². The van der Waals surface area contributed by atoms with Crippen LogP contribution in [0.25, 0.3) is 27.8 Å². The zero-order valence-electron chi connectivity index (χ0n) is 15.4. The molecule has 0 unspecified atom stereocenters. The van der Waals surface area contributed by atoms with Gasteiger partial charge in [-0.15, -0.1) is 10.2 Å². The summed E-state index contributed by atoms with van der Waals surface area (Å²) in [6.07, 6.45) is 6.95. The molecule has 0 N–H and O–H groups in total. The first-order valence-corrected chi connectivity index (χ1v) is 8.70. The van der Waals surface area contributed by atoms with Crippen molar-refractivity contribution in [3.63, 3.8) is 0 Å². The number of likely N-dealkylation sites (N-methyl/N-ethyl adjacent to an activating group) is 1. The van der Waals surface area contributed by atoms with Gasteiger partial charge in [0.15, 0.2) is 0 Å². The molecule has 6 heteroatoms. The highest BCUT2D eigenvalue weighted by molar-refractivity contribution is 5.95. The first-order chi connectivity index (χ1) is 13.6. The molecule has 28 heavy (non-hydrogen) atoms. The molecular formula is C22H18FN5. The third-order valence-corrected chi connectivity index (χ3v) is 4.61. The second-order valence-corrected chi connectivity index (χ2v) is 6.27. The second kappa shape index (κ2) is 7.08. The molecule has 2 aromatic carbocycles. The lowest BCUT2D eigenvalue weighted by Crippen LogP contribution is -2.17. The maximum atomic E-state index is 13.3. The lowest BCUT2D eigenvalue weighted by molar-refractivity contribution is 0.628. The highest BCUT2D eigenvalue weighted by Gasteiger charge is 2.15. The summed E-state index contributed by atoms with van der Waals surface area (Å²) < 4.78 is 15.1. The van der Waals surface area contributed by atoms with Crippen molar-refractivity contribution in [1.82, 2.24) is 19.6 Å². The number of nitrogens with zero attached hydrogens (tertiary/aromatic N) is 5. The number of hydrogen-bond donors (Lipinski definition) is 0. The minimum atomic E-state index is -0.259. The van der Waals surface area contributed by atoms with Crippen molar-refractivity contribution in [2.45, 2.75) is 0 Å². The van der Waals surface area contributed by atoms with Crippen LogP contribution in [0.1, 0.15) is 0 Å². The van der Waals surface area contributed by atoms with E-state index in [0.29, 0.717) is 5.78 Å². The smallest absolute Gasteiger partial charge is 0.257 e. The molecule has 0 atom stereocenters. The molecule has 2 heterocycles. The van der Waals surface area contributed by atoms with E-state index in [1.54, 1.807) is 30.6 Å². The second-order valence-electron chi connectivity index (χ2n) is 6.27. The van der Waals surface area contributed by atoms with Gasteiger partial charge in [-0.25, -0.2) is 4.39 Å². The zero-order valence-corrected chi connectivity index (χ0v) is 15.4. The number of allylic oxidation sites excluding steroid dienone is 3. The Morgan fingerprint density at radius 1 is 1.11 bits per heavy atom. The van der Waals surface area contributed by atoms with Crippen molar-refractivity contribution in [1.29, 1.82) is 0 Å². The Hall–Kier alpha value is -3.80. The van der Waals surface area contributed by atoms with Gasteiger partial charge < -0.3 is 4.90 Å². The van der Waals surface area contributed by atoms with E-state index in [1.807, 2.05) is 40.6 Å². The van der Waals surface area contributed by atoms with E-state index in [4.69, 9.17) is 0 Å². The molecule has 4 rings (SSSR count). The Morgan fingerprint density at radius 3 is 2.57 bits per heavy atom. The van der Waals surface area contributed by atoms with Crippen molar-refractivity contribution in [3.8, 4) is 11.1 Å². The van der Waals surface area contributed by atoms with Crippen molar-refractivity contribution < 1.29 is 4.39 Å². The van der Waals surface area contributed by atoms with Crippen LogP contribution in [0.2, 0.25) is 0 Å². The highest BCUT2D eigenvalue weighted by atomic mass is 19.1. The van der Waals surface area contributed by atoms with E-state index in [1.165, 1.54) is 12.1 Å². The Kier molecular flexibility index (Phi) is 4.45. The number of benzene rings is 2. The van der Waals surface area contributed by atoms with E-state index in [9.17, 15) is 4.39 Å². The lowest BCUT2D eigenvalue weighted by Gasteiger charge is -2.21. The molecule has 0 saturated carbocycles. The average molecular weight is 371 g/mol. The van der Waals surface area contributed by atoms with Crippen molar-refractivity contribution in [2.24, 2.45) is 0 Å². The molecule has 5 nitrogen and oxygen atoms in total. The summed E-state index contributed by atoms with van der Waals surface area (Å²) in [6, 6.07) is 12.5. The summed E-state index contributed by atoms with van der Waals surface area (Å²) in [5, 5.41) is 9.04. The minimum Gasteiger partial charge on any atom is -0.329 e. The molecule has 0 bridgehead atoms. The van der Waals surface area contributed by atoms with Crippen molar-refractivity contribution >= 4 is 22.5 Å². The predicted molar refractivity (Wildman–Crippen MR) is 111 cm³/mol. The zero-order chi connectivity index (χ0) is 19.7. The summed E-state index contributed by atoms with van der Waals surface area (Å²) in [6.45, 7) is 7.63. The van der Waals surface area contributed by atoms with Gasteiger partial charge in [0.25, 0.3) is 5.78 Å². The number of anilines is 1. The van der Waals surface area contributed by atoms with E-state index >= 15 is 0 Å². The molecule has 0 radical (unpaired) electrons. The number of aromatic nitrogens is 4. The van der Waals surface area contributed by atoms with Gasteiger partial charge in [-0.2, -0.15) is 4.98 Å². The summed E-state index contributed by atoms with van der Waals surface area (Å²) >= 11 is 0. The van der Waals surface area contributed by atoms with Gasteiger partial charge >= 0.3 is 0 Å². The Labute approximate surface area is 161 Å². The van der Waals surface area contributed by atoms with Crippen LogP contribution in [0.3, 0.4) is 0 Å². The van der Waals surface area contributed by atoms with Crippen molar-refractivity contribution in [2.75, 3.05) is 11.9 Å². The fourth-order valence-electron chi connectivity index (χ4n) is 3.19. The Balaban J connectivity index is 1.96. The summed E-state index contributed by atoms with van der Waals surface area (Å²) in [5.41, 5.74) is 3.65. The fourth-order valence-corrected chi connectivity index (χ4v) is 3.19. The maximum absolute atomic E-state index is 13.3. The monoisotopic (exact) mass is 371 g/mol. The van der Waals surface area contributed by atoms with Crippen LogP contribution in [-0.2, 0) is 0 Å². The Morgan fingerprint density at radius 2 is 1.86 bits per heavy atom. The van der Waals surface area contributed by atoms with Crippen molar-refractivity contribution in [3.05, 3.63) is 91.7 Å². The third-order valence-electron chi connectivity index (χ3n) is 4.61. The fraction of sp³-hybridized carbons (Fsp3) is 0.0455. The quantitative estimate of drug-likeness (QED) is 0.474. The van der Waals surface area contributed by atoms with Gasteiger partial charge in [-0.1, -0.05) is 37.4 Å². The summed E-state index contributed by atoms with van der Waals surface area (Å²) in [7, 11) is 1.92. The molecule has 2 aromatic heterocycles. The average Bonchev–Trinajstić information content (AvgIpc) is 3.20. The van der Waals surface area contributed by atoms with Crippen LogP contribution in [-0.4, -0.2) is 26.6 Å². The molecule has 138 valence electrons. The number of hydrogen-bond acceptors (Lipinski definition) is 4. The SMILES string of the molecule is C=C/C=C(\C=C)N(C)c1nc2nncn2c2cc(-c3ccc(F)cc3)ccc12. The van der Waals surface area contributed by atoms with Gasteiger partial charge in [0.2, 0.25) is 0 Å². The van der Waals surface area contributed by atoms with Gasteiger partial charge in [-0.05, 0) is 47.5 Å². The first-order valence-electron chi connectivity index (χ1n) is 8.70. The topological polar surface area (TPSA) is 46.3 Å². The molecule has 0 aliphatic heterocycles. The van der Waals surface area contributed by atoms with Crippen LogP contribution < -0.4 is 4.90 Å². The van der Waals surface area contributed by atoms with Gasteiger partial charge in [-0.3, -0.25) is 4.40 Å². The molecule has 0 spiro atoms. The summed E-state index contributed by atoms with van der Waals surface area (Å²) in [5.74, 6) is 0.964. The molecule has 0 amide bonds. The number of halogens is 1. The van der Waals surface area contributed by atoms with Crippen LogP contribution in [0.5, 0.6) is 0 Å².